The minimum Gasteiger partial charge on any atom is -0.352 e. The smallest absolute Gasteiger partial charge is 0.241 e. The monoisotopic (exact) mass is 293 g/mol. The Morgan fingerprint density at radius 2 is 1.95 bits per heavy atom. The first-order valence-electron chi connectivity index (χ1n) is 7.43. The van der Waals surface area contributed by atoms with E-state index in [9.17, 15) is 4.79 Å². The van der Waals surface area contributed by atoms with Gasteiger partial charge in [-0.2, -0.15) is 5.10 Å². The molecule has 0 bridgehead atoms. The van der Waals surface area contributed by atoms with Gasteiger partial charge in [-0.3, -0.25) is 9.48 Å². The van der Waals surface area contributed by atoms with Gasteiger partial charge in [-0.25, -0.2) is 0 Å². The first-order valence-corrected chi connectivity index (χ1v) is 7.43. The molecule has 0 saturated carbocycles. The Hall–Kier alpha value is -2.62. The third-order valence-corrected chi connectivity index (χ3v) is 3.49. The summed E-state index contributed by atoms with van der Waals surface area (Å²) >= 11 is 0. The number of aromatic nitrogens is 2. The standard InChI is InChI=1S/C18H19N3O/c1-13(2)20-18(22)12-21-11-15(10-19-21)17-9-5-7-14-6-3-4-8-16(14)17/h3-11,13H,12H2,1-2H3,(H,20,22). The summed E-state index contributed by atoms with van der Waals surface area (Å²) in [4.78, 5) is 11.8. The van der Waals surface area contributed by atoms with Crippen LogP contribution in [-0.4, -0.2) is 21.7 Å². The highest BCUT2D eigenvalue weighted by Crippen LogP contribution is 2.27. The Kier molecular flexibility index (Phi) is 3.92. The van der Waals surface area contributed by atoms with Crippen molar-refractivity contribution in [3.63, 3.8) is 0 Å². The molecule has 22 heavy (non-hydrogen) atoms. The van der Waals surface area contributed by atoms with Gasteiger partial charge in [0.1, 0.15) is 6.54 Å². The van der Waals surface area contributed by atoms with E-state index in [4.69, 9.17) is 0 Å². The Morgan fingerprint density at radius 3 is 2.77 bits per heavy atom. The summed E-state index contributed by atoms with van der Waals surface area (Å²) in [5, 5.41) is 9.56. The number of hydrogen-bond donors (Lipinski definition) is 1. The highest BCUT2D eigenvalue weighted by atomic mass is 16.2. The average Bonchev–Trinajstić information content (AvgIpc) is 2.94. The van der Waals surface area contributed by atoms with Crippen molar-refractivity contribution in [3.05, 3.63) is 54.9 Å². The van der Waals surface area contributed by atoms with E-state index in [-0.39, 0.29) is 18.5 Å². The summed E-state index contributed by atoms with van der Waals surface area (Å²) in [6.07, 6.45) is 3.73. The highest BCUT2D eigenvalue weighted by molar-refractivity contribution is 5.96. The molecule has 1 aromatic heterocycles. The van der Waals surface area contributed by atoms with Crippen molar-refractivity contribution in [2.45, 2.75) is 26.4 Å². The third-order valence-electron chi connectivity index (χ3n) is 3.49. The fourth-order valence-electron chi connectivity index (χ4n) is 2.58. The molecule has 0 spiro atoms. The van der Waals surface area contributed by atoms with Gasteiger partial charge in [0.2, 0.25) is 5.91 Å². The molecular weight excluding hydrogens is 274 g/mol. The summed E-state index contributed by atoms with van der Waals surface area (Å²) in [5.74, 6) is -0.0254. The molecule has 112 valence electrons. The summed E-state index contributed by atoms with van der Waals surface area (Å²) in [5.41, 5.74) is 2.16. The second-order valence-electron chi connectivity index (χ2n) is 5.68. The summed E-state index contributed by atoms with van der Waals surface area (Å²) < 4.78 is 1.68. The van der Waals surface area contributed by atoms with Crippen molar-refractivity contribution in [2.24, 2.45) is 0 Å². The molecule has 0 aliphatic carbocycles. The van der Waals surface area contributed by atoms with Crippen molar-refractivity contribution >= 4 is 16.7 Å². The molecule has 3 aromatic rings. The van der Waals surface area contributed by atoms with Crippen LogP contribution in [0.3, 0.4) is 0 Å². The van der Waals surface area contributed by atoms with Crippen LogP contribution in [0.15, 0.2) is 54.9 Å². The van der Waals surface area contributed by atoms with Crippen molar-refractivity contribution in [1.29, 1.82) is 0 Å². The van der Waals surface area contributed by atoms with Crippen LogP contribution in [-0.2, 0) is 11.3 Å². The maximum Gasteiger partial charge on any atom is 0.241 e. The van der Waals surface area contributed by atoms with Gasteiger partial charge in [0.25, 0.3) is 0 Å². The molecule has 4 heteroatoms. The summed E-state index contributed by atoms with van der Waals surface area (Å²) in [6, 6.07) is 14.6. The average molecular weight is 293 g/mol. The van der Waals surface area contributed by atoms with Crippen LogP contribution >= 0.6 is 0 Å². The Labute approximate surface area is 129 Å². The van der Waals surface area contributed by atoms with Crippen LogP contribution in [0.25, 0.3) is 21.9 Å². The van der Waals surface area contributed by atoms with Gasteiger partial charge >= 0.3 is 0 Å². The number of carbonyl (C=O) groups is 1. The van der Waals surface area contributed by atoms with Gasteiger partial charge in [0, 0.05) is 17.8 Å². The van der Waals surface area contributed by atoms with Gasteiger partial charge in [0.05, 0.1) is 6.20 Å². The number of hydrogen-bond acceptors (Lipinski definition) is 2. The van der Waals surface area contributed by atoms with Crippen LogP contribution in [0.4, 0.5) is 0 Å². The zero-order valence-electron chi connectivity index (χ0n) is 12.8. The Morgan fingerprint density at radius 1 is 1.18 bits per heavy atom. The quantitative estimate of drug-likeness (QED) is 0.803. The molecule has 1 N–H and O–H groups in total. The molecule has 0 aliphatic rings. The normalized spacial score (nSPS) is 11.0. The first-order chi connectivity index (χ1) is 10.6. The molecule has 0 atom stereocenters. The van der Waals surface area contributed by atoms with E-state index in [2.05, 4.69) is 34.7 Å². The molecule has 0 radical (unpaired) electrons. The predicted octanol–water partition coefficient (Wildman–Crippen LogP) is 3.23. The van der Waals surface area contributed by atoms with E-state index in [1.807, 2.05) is 44.4 Å². The van der Waals surface area contributed by atoms with Gasteiger partial charge < -0.3 is 5.32 Å². The SMILES string of the molecule is CC(C)NC(=O)Cn1cc(-c2cccc3ccccc23)cn1. The topological polar surface area (TPSA) is 46.9 Å². The molecule has 2 aromatic carbocycles. The van der Waals surface area contributed by atoms with Crippen LogP contribution in [0, 0.1) is 0 Å². The molecule has 0 saturated heterocycles. The van der Waals surface area contributed by atoms with Crippen molar-refractivity contribution in [1.82, 2.24) is 15.1 Å². The fourth-order valence-corrected chi connectivity index (χ4v) is 2.58. The van der Waals surface area contributed by atoms with Crippen LogP contribution in [0.1, 0.15) is 13.8 Å². The van der Waals surface area contributed by atoms with E-state index in [1.165, 1.54) is 10.8 Å². The Bertz CT molecular complexity index is 799. The number of fused-ring (bicyclic) bond motifs is 1. The van der Waals surface area contributed by atoms with E-state index in [0.717, 1.165) is 11.1 Å². The molecule has 0 aliphatic heterocycles. The Balaban J connectivity index is 1.88. The number of nitrogens with zero attached hydrogens (tertiary/aromatic N) is 2. The van der Waals surface area contributed by atoms with E-state index < -0.39 is 0 Å². The summed E-state index contributed by atoms with van der Waals surface area (Å²) in [7, 11) is 0. The maximum atomic E-state index is 11.8. The van der Waals surface area contributed by atoms with Gasteiger partial charge in [-0.15, -0.1) is 0 Å². The van der Waals surface area contributed by atoms with Crippen LogP contribution in [0.5, 0.6) is 0 Å². The lowest BCUT2D eigenvalue weighted by molar-refractivity contribution is -0.122. The number of rotatable bonds is 4. The van der Waals surface area contributed by atoms with E-state index in [1.54, 1.807) is 4.68 Å². The van der Waals surface area contributed by atoms with Crippen molar-refractivity contribution in [2.75, 3.05) is 0 Å². The zero-order chi connectivity index (χ0) is 15.5. The number of amides is 1. The minimum absolute atomic E-state index is 0.0254. The van der Waals surface area contributed by atoms with Crippen LogP contribution < -0.4 is 5.32 Å². The minimum atomic E-state index is -0.0254. The molecule has 4 nitrogen and oxygen atoms in total. The zero-order valence-corrected chi connectivity index (χ0v) is 12.8. The van der Waals surface area contributed by atoms with E-state index in [0.29, 0.717) is 0 Å². The van der Waals surface area contributed by atoms with E-state index >= 15 is 0 Å². The van der Waals surface area contributed by atoms with Crippen molar-refractivity contribution < 1.29 is 4.79 Å². The van der Waals surface area contributed by atoms with Gasteiger partial charge in [-0.1, -0.05) is 42.5 Å². The third kappa shape index (κ3) is 3.01. The van der Waals surface area contributed by atoms with Gasteiger partial charge in [0.15, 0.2) is 0 Å². The fraction of sp³-hybridized carbons (Fsp3) is 0.222. The first kappa shape index (κ1) is 14.3. The second kappa shape index (κ2) is 6.02. The van der Waals surface area contributed by atoms with Crippen molar-refractivity contribution in [3.8, 4) is 11.1 Å². The molecule has 0 unspecified atom stereocenters. The molecule has 1 amide bonds. The predicted molar refractivity (Wildman–Crippen MR) is 88.4 cm³/mol. The maximum absolute atomic E-state index is 11.8. The second-order valence-corrected chi connectivity index (χ2v) is 5.68. The number of carbonyl (C=O) groups excluding carboxylic acids is 1. The molecule has 1 heterocycles. The molecular formula is C18H19N3O. The highest BCUT2D eigenvalue weighted by Gasteiger charge is 2.09. The lowest BCUT2D eigenvalue weighted by atomic mass is 10.0. The largest absolute Gasteiger partial charge is 0.352 e. The number of benzene rings is 2. The summed E-state index contributed by atoms with van der Waals surface area (Å²) in [6.45, 7) is 4.13. The lowest BCUT2D eigenvalue weighted by Gasteiger charge is -2.08. The molecule has 3 rings (SSSR count). The van der Waals surface area contributed by atoms with Gasteiger partial charge in [-0.05, 0) is 30.2 Å². The number of nitrogens with one attached hydrogen (secondary N) is 1. The lowest BCUT2D eigenvalue weighted by Crippen LogP contribution is -2.33. The van der Waals surface area contributed by atoms with Crippen LogP contribution in [0.2, 0.25) is 0 Å². The molecule has 0 fully saturated rings.